The van der Waals surface area contributed by atoms with Gasteiger partial charge in [-0.05, 0) is 28.4 Å². The van der Waals surface area contributed by atoms with E-state index in [0.717, 1.165) is 9.86 Å². The molecule has 1 aliphatic heterocycles. The number of benzene rings is 1. The maximum atomic E-state index is 12.5. The third kappa shape index (κ3) is 2.06. The highest BCUT2D eigenvalue weighted by Gasteiger charge is 2.29. The average molecular weight is 335 g/mol. The van der Waals surface area contributed by atoms with Gasteiger partial charge in [0.15, 0.2) is 0 Å². The summed E-state index contributed by atoms with van der Waals surface area (Å²) < 4.78 is 2.14. The van der Waals surface area contributed by atoms with Gasteiger partial charge >= 0.3 is 0 Å². The molecule has 2 aromatic rings. The van der Waals surface area contributed by atoms with Crippen LogP contribution in [0.2, 0.25) is 0 Å². The Balaban J connectivity index is 2.18. The summed E-state index contributed by atoms with van der Waals surface area (Å²) in [4.78, 5) is 35.6. The third-order valence-corrected chi connectivity index (χ3v) is 4.08. The SMILES string of the molecule is O=C1CCC(n2cc(Br)c3ccccc3c2=O)C(=O)N1. The number of nitrogens with one attached hydrogen (secondary N) is 1. The maximum absolute atomic E-state index is 12.5. The van der Waals surface area contributed by atoms with Crippen LogP contribution in [-0.2, 0) is 9.59 Å². The Hall–Kier alpha value is -1.95. The molecular weight excluding hydrogens is 324 g/mol. The lowest BCUT2D eigenvalue weighted by Gasteiger charge is -2.23. The molecule has 1 N–H and O–H groups in total. The molecule has 6 heteroatoms. The van der Waals surface area contributed by atoms with Gasteiger partial charge in [-0.25, -0.2) is 0 Å². The summed E-state index contributed by atoms with van der Waals surface area (Å²) in [5, 5.41) is 3.62. The number of hydrogen-bond acceptors (Lipinski definition) is 3. The Morgan fingerprint density at radius 3 is 2.55 bits per heavy atom. The number of nitrogens with zero attached hydrogens (tertiary/aromatic N) is 1. The van der Waals surface area contributed by atoms with Crippen molar-refractivity contribution in [2.24, 2.45) is 0 Å². The summed E-state index contributed by atoms with van der Waals surface area (Å²) in [6.45, 7) is 0. The molecule has 1 unspecified atom stereocenters. The van der Waals surface area contributed by atoms with Crippen LogP contribution in [0.1, 0.15) is 18.9 Å². The Morgan fingerprint density at radius 2 is 1.85 bits per heavy atom. The quantitative estimate of drug-likeness (QED) is 0.807. The lowest BCUT2D eigenvalue weighted by atomic mass is 10.1. The van der Waals surface area contributed by atoms with Gasteiger partial charge in [-0.1, -0.05) is 18.2 Å². The number of pyridine rings is 1. The second-order valence-electron chi connectivity index (χ2n) is 4.70. The van der Waals surface area contributed by atoms with Gasteiger partial charge in [0.1, 0.15) is 6.04 Å². The van der Waals surface area contributed by atoms with E-state index in [4.69, 9.17) is 0 Å². The second-order valence-corrected chi connectivity index (χ2v) is 5.56. The van der Waals surface area contributed by atoms with Crippen LogP contribution in [0.3, 0.4) is 0 Å². The standard InChI is InChI=1S/C14H11BrN2O3/c15-10-7-17(11-5-6-12(18)16-13(11)19)14(20)9-4-2-1-3-8(9)10/h1-4,7,11H,5-6H2,(H,16,18,19). The van der Waals surface area contributed by atoms with Gasteiger partial charge in [0.2, 0.25) is 11.8 Å². The molecule has 1 atom stereocenters. The summed E-state index contributed by atoms with van der Waals surface area (Å²) in [6, 6.07) is 6.56. The lowest BCUT2D eigenvalue weighted by Crippen LogP contribution is -2.44. The minimum absolute atomic E-state index is 0.224. The van der Waals surface area contributed by atoms with Crippen LogP contribution >= 0.6 is 15.9 Å². The predicted octanol–water partition coefficient (Wildman–Crippen LogP) is 1.74. The molecule has 0 radical (unpaired) electrons. The molecule has 2 heterocycles. The van der Waals surface area contributed by atoms with Crippen LogP contribution in [0.5, 0.6) is 0 Å². The van der Waals surface area contributed by atoms with Gasteiger partial charge in [-0.3, -0.25) is 19.7 Å². The van der Waals surface area contributed by atoms with E-state index in [1.165, 1.54) is 4.57 Å². The highest BCUT2D eigenvalue weighted by Crippen LogP contribution is 2.24. The Labute approximate surface area is 122 Å². The van der Waals surface area contributed by atoms with Crippen molar-refractivity contribution in [2.75, 3.05) is 0 Å². The van der Waals surface area contributed by atoms with E-state index >= 15 is 0 Å². The summed E-state index contributed by atoms with van der Waals surface area (Å²) in [5.74, 6) is -0.718. The van der Waals surface area contributed by atoms with Crippen molar-refractivity contribution in [3.63, 3.8) is 0 Å². The first-order valence-corrected chi connectivity index (χ1v) is 7.00. The molecular formula is C14H11BrN2O3. The number of hydrogen-bond donors (Lipinski definition) is 1. The molecule has 1 aromatic heterocycles. The number of carbonyl (C=O) groups is 2. The molecule has 0 aliphatic carbocycles. The molecule has 1 saturated heterocycles. The molecule has 1 aromatic carbocycles. The molecule has 3 rings (SSSR count). The minimum atomic E-state index is -0.638. The van der Waals surface area contributed by atoms with E-state index in [1.54, 1.807) is 18.3 Å². The number of amides is 2. The topological polar surface area (TPSA) is 68.2 Å². The molecule has 1 aliphatic rings. The molecule has 102 valence electrons. The molecule has 2 amide bonds. The first-order valence-electron chi connectivity index (χ1n) is 6.21. The van der Waals surface area contributed by atoms with Crippen molar-refractivity contribution in [2.45, 2.75) is 18.9 Å². The van der Waals surface area contributed by atoms with Crippen LogP contribution in [-0.4, -0.2) is 16.4 Å². The lowest BCUT2D eigenvalue weighted by molar-refractivity contribution is -0.135. The second kappa shape index (κ2) is 4.86. The van der Waals surface area contributed by atoms with Crippen LogP contribution in [0.15, 0.2) is 39.7 Å². The summed E-state index contributed by atoms with van der Waals surface area (Å²) in [5.41, 5.74) is -0.224. The Morgan fingerprint density at radius 1 is 1.15 bits per heavy atom. The van der Waals surface area contributed by atoms with Crippen molar-refractivity contribution in [1.82, 2.24) is 9.88 Å². The molecule has 0 spiro atoms. The minimum Gasteiger partial charge on any atom is -0.301 e. The number of piperidine rings is 1. The fraction of sp³-hybridized carbons (Fsp3) is 0.214. The smallest absolute Gasteiger partial charge is 0.259 e. The van der Waals surface area contributed by atoms with Gasteiger partial charge in [0.05, 0.1) is 0 Å². The van der Waals surface area contributed by atoms with Crippen molar-refractivity contribution in [1.29, 1.82) is 0 Å². The zero-order valence-electron chi connectivity index (χ0n) is 10.4. The number of carbonyl (C=O) groups excluding carboxylic acids is 2. The third-order valence-electron chi connectivity index (χ3n) is 3.45. The van der Waals surface area contributed by atoms with Gasteiger partial charge in [0, 0.05) is 27.9 Å². The fourth-order valence-electron chi connectivity index (χ4n) is 2.45. The Bertz CT molecular complexity index is 782. The van der Waals surface area contributed by atoms with Crippen molar-refractivity contribution in [3.05, 3.63) is 45.3 Å². The number of imide groups is 1. The van der Waals surface area contributed by atoms with E-state index in [1.807, 2.05) is 12.1 Å². The highest BCUT2D eigenvalue weighted by molar-refractivity contribution is 9.10. The average Bonchev–Trinajstić information content (AvgIpc) is 2.43. The van der Waals surface area contributed by atoms with Gasteiger partial charge in [-0.15, -0.1) is 0 Å². The first kappa shape index (κ1) is 13.1. The van der Waals surface area contributed by atoms with E-state index in [9.17, 15) is 14.4 Å². The van der Waals surface area contributed by atoms with Crippen molar-refractivity contribution < 1.29 is 9.59 Å². The summed E-state index contributed by atoms with van der Waals surface area (Å²) in [6.07, 6.45) is 2.20. The number of aromatic nitrogens is 1. The first-order chi connectivity index (χ1) is 9.58. The monoisotopic (exact) mass is 334 g/mol. The normalized spacial score (nSPS) is 19.1. The van der Waals surface area contributed by atoms with E-state index < -0.39 is 11.9 Å². The van der Waals surface area contributed by atoms with E-state index in [2.05, 4.69) is 21.2 Å². The molecule has 1 fully saturated rings. The van der Waals surface area contributed by atoms with E-state index in [-0.39, 0.29) is 17.9 Å². The molecule has 0 bridgehead atoms. The summed E-state index contributed by atoms with van der Waals surface area (Å²) in [7, 11) is 0. The molecule has 5 nitrogen and oxygen atoms in total. The number of halogens is 1. The van der Waals surface area contributed by atoms with Gasteiger partial charge in [-0.2, -0.15) is 0 Å². The number of rotatable bonds is 1. The zero-order valence-corrected chi connectivity index (χ0v) is 12.0. The number of fused-ring (bicyclic) bond motifs is 1. The largest absolute Gasteiger partial charge is 0.301 e. The highest BCUT2D eigenvalue weighted by atomic mass is 79.9. The van der Waals surface area contributed by atoms with Crippen LogP contribution in [0.25, 0.3) is 10.8 Å². The molecule has 0 saturated carbocycles. The predicted molar refractivity (Wildman–Crippen MR) is 77.3 cm³/mol. The van der Waals surface area contributed by atoms with Crippen molar-refractivity contribution >= 4 is 38.5 Å². The Kier molecular flexibility index (Phi) is 3.17. The maximum Gasteiger partial charge on any atom is 0.259 e. The van der Waals surface area contributed by atoms with Gasteiger partial charge < -0.3 is 4.57 Å². The fourth-order valence-corrected chi connectivity index (χ4v) is 3.01. The molecule has 20 heavy (non-hydrogen) atoms. The van der Waals surface area contributed by atoms with Crippen LogP contribution in [0, 0.1) is 0 Å². The van der Waals surface area contributed by atoms with Crippen molar-refractivity contribution in [3.8, 4) is 0 Å². The summed E-state index contributed by atoms with van der Waals surface area (Å²) >= 11 is 3.42. The zero-order chi connectivity index (χ0) is 14.3. The van der Waals surface area contributed by atoms with Gasteiger partial charge in [0.25, 0.3) is 5.56 Å². The van der Waals surface area contributed by atoms with Crippen LogP contribution in [0.4, 0.5) is 0 Å². The van der Waals surface area contributed by atoms with Crippen LogP contribution < -0.4 is 10.9 Å². The van der Waals surface area contributed by atoms with E-state index in [0.29, 0.717) is 11.8 Å².